The molecule has 3 heteroatoms. The molecule has 1 aromatic rings. The Kier molecular flexibility index (Phi) is 6.49. The largest absolute Gasteiger partial charge is 0.385 e. The second-order valence-electron chi connectivity index (χ2n) is 6.10. The van der Waals surface area contributed by atoms with Crippen LogP contribution in [-0.2, 0) is 4.74 Å². The lowest BCUT2D eigenvalue weighted by atomic mass is 10.1. The highest BCUT2D eigenvalue weighted by Crippen LogP contribution is 2.20. The lowest BCUT2D eigenvalue weighted by molar-refractivity contribution is -0.722. The Morgan fingerprint density at radius 2 is 1.84 bits per heavy atom. The second-order valence-corrected chi connectivity index (χ2v) is 6.10. The van der Waals surface area contributed by atoms with E-state index in [1.54, 1.807) is 0 Å². The molecule has 0 unspecified atom stereocenters. The molecule has 2 atom stereocenters. The molecule has 0 bridgehead atoms. The molecule has 1 aromatic carbocycles. The van der Waals surface area contributed by atoms with Crippen LogP contribution in [0.1, 0.15) is 45.8 Å². The molecule has 0 radical (unpaired) electrons. The summed E-state index contributed by atoms with van der Waals surface area (Å²) in [6, 6.07) is 10.2. The smallest absolute Gasteiger partial charge is 0.126 e. The van der Waals surface area contributed by atoms with Crippen LogP contribution in [0.4, 0.5) is 0 Å². The Balaban J connectivity index is 2.37. The van der Waals surface area contributed by atoms with Crippen molar-refractivity contribution in [3.8, 4) is 0 Å². The zero-order valence-electron chi connectivity index (χ0n) is 12.6. The van der Waals surface area contributed by atoms with E-state index in [1.807, 2.05) is 18.2 Å². The zero-order chi connectivity index (χ0) is 14.3. The molecular formula is C16H28NO2+. The van der Waals surface area contributed by atoms with Crippen molar-refractivity contribution in [2.45, 2.75) is 51.9 Å². The first kappa shape index (κ1) is 16.2. The van der Waals surface area contributed by atoms with Crippen LogP contribution in [0.5, 0.6) is 0 Å². The topological polar surface area (TPSA) is 46.1 Å². The summed E-state index contributed by atoms with van der Waals surface area (Å²) in [5.41, 5.74) is 1.32. The number of aliphatic hydroxyl groups is 1. The maximum absolute atomic E-state index is 9.95. The van der Waals surface area contributed by atoms with Crippen LogP contribution in [0, 0.1) is 0 Å². The molecule has 0 saturated carbocycles. The monoisotopic (exact) mass is 266 g/mol. The van der Waals surface area contributed by atoms with Gasteiger partial charge >= 0.3 is 0 Å². The predicted molar refractivity (Wildman–Crippen MR) is 78.0 cm³/mol. The molecule has 3 N–H and O–H groups in total. The normalized spacial score (nSPS) is 15.2. The van der Waals surface area contributed by atoms with E-state index in [0.29, 0.717) is 13.2 Å². The first-order valence-corrected chi connectivity index (χ1v) is 7.11. The fourth-order valence-electron chi connectivity index (χ4n) is 1.90. The number of benzene rings is 1. The number of nitrogens with two attached hydrogens (primary N) is 1. The molecule has 0 aliphatic carbocycles. The van der Waals surface area contributed by atoms with Crippen LogP contribution >= 0.6 is 0 Å². The summed E-state index contributed by atoms with van der Waals surface area (Å²) in [5, 5.41) is 12.1. The summed E-state index contributed by atoms with van der Waals surface area (Å²) in [4.78, 5) is 0. The van der Waals surface area contributed by atoms with Gasteiger partial charge in [-0.2, -0.15) is 0 Å². The summed E-state index contributed by atoms with van der Waals surface area (Å²) in [6.07, 6.45) is 0.571. The van der Waals surface area contributed by atoms with Crippen molar-refractivity contribution in [1.29, 1.82) is 0 Å². The third-order valence-electron chi connectivity index (χ3n) is 3.03. The minimum absolute atomic E-state index is 0.0745. The summed E-state index contributed by atoms with van der Waals surface area (Å²) in [7, 11) is 0. The summed E-state index contributed by atoms with van der Waals surface area (Å²) >= 11 is 0. The molecule has 0 aromatic heterocycles. The van der Waals surface area contributed by atoms with E-state index >= 15 is 0 Å². The number of quaternary nitrogens is 1. The fourth-order valence-corrected chi connectivity index (χ4v) is 1.90. The Morgan fingerprint density at radius 3 is 2.37 bits per heavy atom. The highest BCUT2D eigenvalue weighted by molar-refractivity contribution is 5.17. The van der Waals surface area contributed by atoms with Crippen molar-refractivity contribution in [2.75, 3.05) is 13.2 Å². The third-order valence-corrected chi connectivity index (χ3v) is 3.03. The molecule has 19 heavy (non-hydrogen) atoms. The Labute approximate surface area is 117 Å². The molecule has 0 aliphatic heterocycles. The van der Waals surface area contributed by atoms with Gasteiger partial charge in [-0.1, -0.05) is 37.3 Å². The summed E-state index contributed by atoms with van der Waals surface area (Å²) in [6.45, 7) is 9.58. The number of rotatable bonds is 7. The molecule has 0 heterocycles. The van der Waals surface area contributed by atoms with Crippen molar-refractivity contribution in [2.24, 2.45) is 0 Å². The Morgan fingerprint density at radius 1 is 1.21 bits per heavy atom. The lowest BCUT2D eigenvalue weighted by Gasteiger charge is -2.21. The molecule has 3 nitrogen and oxygen atoms in total. The first-order chi connectivity index (χ1) is 8.92. The Bertz CT molecular complexity index is 346. The van der Waals surface area contributed by atoms with E-state index in [1.165, 1.54) is 5.56 Å². The van der Waals surface area contributed by atoms with Crippen LogP contribution in [-0.4, -0.2) is 29.9 Å². The van der Waals surface area contributed by atoms with Crippen LogP contribution in [0.15, 0.2) is 30.3 Å². The highest BCUT2D eigenvalue weighted by atomic mass is 16.5. The molecule has 108 valence electrons. The maximum Gasteiger partial charge on any atom is 0.126 e. The molecule has 0 saturated heterocycles. The van der Waals surface area contributed by atoms with Gasteiger partial charge in [-0.15, -0.1) is 0 Å². The molecular weight excluding hydrogens is 238 g/mol. The molecule has 0 spiro atoms. The fraction of sp³-hybridized carbons (Fsp3) is 0.625. The predicted octanol–water partition coefficient (Wildman–Crippen LogP) is 1.88. The van der Waals surface area contributed by atoms with E-state index in [2.05, 4.69) is 45.1 Å². The maximum atomic E-state index is 9.95. The minimum atomic E-state index is -0.419. The third kappa shape index (κ3) is 6.71. The van der Waals surface area contributed by atoms with E-state index in [0.717, 1.165) is 6.42 Å². The van der Waals surface area contributed by atoms with Crippen LogP contribution in [0.2, 0.25) is 0 Å². The number of aliphatic hydroxyl groups excluding tert-OH is 1. The average Bonchev–Trinajstić information content (AvgIpc) is 2.37. The van der Waals surface area contributed by atoms with Gasteiger partial charge in [0.25, 0.3) is 0 Å². The first-order valence-electron chi connectivity index (χ1n) is 7.11. The van der Waals surface area contributed by atoms with Crippen molar-refractivity contribution in [3.63, 3.8) is 0 Å². The van der Waals surface area contributed by atoms with Gasteiger partial charge in [0.2, 0.25) is 0 Å². The van der Waals surface area contributed by atoms with E-state index < -0.39 is 6.10 Å². The van der Waals surface area contributed by atoms with Gasteiger partial charge in [-0.05, 0) is 32.8 Å². The van der Waals surface area contributed by atoms with Gasteiger partial charge in [0.15, 0.2) is 0 Å². The minimum Gasteiger partial charge on any atom is -0.385 e. The highest BCUT2D eigenvalue weighted by Gasteiger charge is 2.18. The van der Waals surface area contributed by atoms with Gasteiger partial charge in [-0.25, -0.2) is 0 Å². The van der Waals surface area contributed by atoms with Gasteiger partial charge in [0.1, 0.15) is 12.6 Å². The van der Waals surface area contributed by atoms with Gasteiger partial charge in [0, 0.05) is 0 Å². The second kappa shape index (κ2) is 7.63. The molecule has 0 aliphatic rings. The Hall–Kier alpha value is -0.900. The van der Waals surface area contributed by atoms with Crippen LogP contribution in [0.3, 0.4) is 0 Å². The van der Waals surface area contributed by atoms with Crippen molar-refractivity contribution in [3.05, 3.63) is 35.9 Å². The van der Waals surface area contributed by atoms with Gasteiger partial charge in [0.05, 0.1) is 18.2 Å². The average molecular weight is 266 g/mol. The summed E-state index contributed by atoms with van der Waals surface area (Å²) in [5.74, 6) is 0. The number of ether oxygens (including phenoxy) is 1. The standard InChI is InChI=1S/C16H27NO2/c1-5-15(13-9-7-6-8-10-13)19-12-14(18)11-17-16(2,3)4/h6-10,14-15,17-18H,5,11-12H2,1-4H3/p+1/t14-,15+/m1/s1. The van der Waals surface area contributed by atoms with Crippen molar-refractivity contribution < 1.29 is 15.2 Å². The molecule has 0 amide bonds. The van der Waals surface area contributed by atoms with E-state index in [4.69, 9.17) is 4.74 Å². The number of hydrogen-bond donors (Lipinski definition) is 2. The van der Waals surface area contributed by atoms with Crippen LogP contribution in [0.25, 0.3) is 0 Å². The quantitative estimate of drug-likeness (QED) is 0.791. The zero-order valence-corrected chi connectivity index (χ0v) is 12.6. The van der Waals surface area contributed by atoms with Gasteiger partial charge in [-0.3, -0.25) is 0 Å². The molecule has 0 fully saturated rings. The lowest BCUT2D eigenvalue weighted by Crippen LogP contribution is -2.96. The van der Waals surface area contributed by atoms with Gasteiger partial charge < -0.3 is 15.2 Å². The van der Waals surface area contributed by atoms with Crippen molar-refractivity contribution in [1.82, 2.24) is 0 Å². The van der Waals surface area contributed by atoms with E-state index in [9.17, 15) is 5.11 Å². The number of hydrogen-bond acceptors (Lipinski definition) is 2. The summed E-state index contributed by atoms with van der Waals surface area (Å²) < 4.78 is 5.83. The van der Waals surface area contributed by atoms with Crippen molar-refractivity contribution >= 4 is 0 Å². The van der Waals surface area contributed by atoms with E-state index in [-0.39, 0.29) is 11.6 Å². The van der Waals surface area contributed by atoms with Crippen LogP contribution < -0.4 is 5.32 Å². The molecule has 1 rings (SSSR count). The SMILES string of the molecule is CC[C@H](OC[C@H](O)C[NH2+]C(C)(C)C)c1ccccc1.